The van der Waals surface area contributed by atoms with Crippen molar-refractivity contribution in [1.29, 1.82) is 0 Å². The Morgan fingerprint density at radius 1 is 1.07 bits per heavy atom. The first-order valence-corrected chi connectivity index (χ1v) is 15.6. The van der Waals surface area contributed by atoms with Crippen LogP contribution in [0, 0.1) is 5.82 Å². The van der Waals surface area contributed by atoms with Crippen LogP contribution in [0.5, 0.6) is 0 Å². The van der Waals surface area contributed by atoms with Crippen molar-refractivity contribution in [3.8, 4) is 0 Å². The largest absolute Gasteiger partial charge is 0.416 e. The zero-order chi connectivity index (χ0) is 32.1. The van der Waals surface area contributed by atoms with Gasteiger partial charge in [0.15, 0.2) is 5.54 Å². The van der Waals surface area contributed by atoms with E-state index in [2.05, 4.69) is 5.10 Å². The molecule has 0 saturated heterocycles. The van der Waals surface area contributed by atoms with Gasteiger partial charge in [-0.3, -0.25) is 14.3 Å². The van der Waals surface area contributed by atoms with Crippen molar-refractivity contribution in [2.24, 2.45) is 0 Å². The van der Waals surface area contributed by atoms with Crippen LogP contribution in [0.2, 0.25) is 0 Å². The van der Waals surface area contributed by atoms with Crippen molar-refractivity contribution in [3.05, 3.63) is 58.7 Å². The third-order valence-electron chi connectivity index (χ3n) is 8.24. The van der Waals surface area contributed by atoms with Gasteiger partial charge >= 0.3 is 12.4 Å². The third kappa shape index (κ3) is 6.49. The number of aromatic nitrogens is 2. The number of hydrogen-bond donors (Lipinski definition) is 2. The van der Waals surface area contributed by atoms with E-state index < -0.39 is 80.3 Å². The summed E-state index contributed by atoms with van der Waals surface area (Å²) in [5.74, 6) is -4.35. The summed E-state index contributed by atoms with van der Waals surface area (Å²) in [6, 6.07) is 4.01. The molecule has 16 heteroatoms. The molecule has 0 spiro atoms. The van der Waals surface area contributed by atoms with E-state index in [4.69, 9.17) is 0 Å². The smallest absolute Gasteiger partial charge is 0.334 e. The van der Waals surface area contributed by atoms with Crippen molar-refractivity contribution in [1.82, 2.24) is 19.8 Å². The number of carbonyl (C=O) groups is 2. The summed E-state index contributed by atoms with van der Waals surface area (Å²) >= 11 is 0. The van der Waals surface area contributed by atoms with E-state index in [-0.39, 0.29) is 49.4 Å². The van der Waals surface area contributed by atoms with E-state index in [1.807, 2.05) is 0 Å². The molecule has 1 aromatic carbocycles. The molecule has 1 aromatic heterocycles. The summed E-state index contributed by atoms with van der Waals surface area (Å²) in [5.41, 5.74) is -5.75. The van der Waals surface area contributed by atoms with Gasteiger partial charge in [0.2, 0.25) is 10.0 Å². The lowest BCUT2D eigenvalue weighted by Gasteiger charge is -2.41. The van der Waals surface area contributed by atoms with Gasteiger partial charge in [-0.2, -0.15) is 31.4 Å². The van der Waals surface area contributed by atoms with Gasteiger partial charge in [0.05, 0.1) is 17.0 Å². The highest BCUT2D eigenvalue weighted by molar-refractivity contribution is 7.91. The number of benzene rings is 1. The normalized spacial score (nSPS) is 21.7. The van der Waals surface area contributed by atoms with Crippen LogP contribution in [-0.4, -0.2) is 47.6 Å². The van der Waals surface area contributed by atoms with Crippen LogP contribution in [0.1, 0.15) is 80.7 Å². The summed E-state index contributed by atoms with van der Waals surface area (Å²) in [4.78, 5) is 26.6. The number of halogens is 7. The average molecular weight is 651 g/mol. The van der Waals surface area contributed by atoms with Gasteiger partial charge in [-0.25, -0.2) is 17.5 Å². The number of carbonyl (C=O) groups excluding carboxylic acids is 2. The van der Waals surface area contributed by atoms with Crippen LogP contribution in [0.15, 0.2) is 36.0 Å². The number of nitrogens with one attached hydrogen (secondary N) is 2. The maximum atomic E-state index is 15.5. The molecule has 2 aromatic rings. The number of unbranched alkanes of at least 4 members (excludes halogenated alkanes) is 1. The topological polar surface area (TPSA) is 110 Å². The van der Waals surface area contributed by atoms with E-state index in [0.717, 1.165) is 37.5 Å². The summed E-state index contributed by atoms with van der Waals surface area (Å²) in [5, 5.41) is 5.20. The van der Waals surface area contributed by atoms with Crippen molar-refractivity contribution in [3.63, 3.8) is 0 Å². The second kappa shape index (κ2) is 11.5. The van der Waals surface area contributed by atoms with E-state index in [9.17, 15) is 44.3 Å². The summed E-state index contributed by atoms with van der Waals surface area (Å²) in [6.45, 7) is 0. The van der Waals surface area contributed by atoms with Crippen molar-refractivity contribution in [2.45, 2.75) is 93.4 Å². The first kappa shape index (κ1) is 32.0. The number of rotatable bonds is 10. The Morgan fingerprint density at radius 2 is 1.77 bits per heavy atom. The zero-order valence-electron chi connectivity index (χ0n) is 23.2. The highest BCUT2D eigenvalue weighted by Crippen LogP contribution is 2.49. The molecule has 2 heterocycles. The number of sulfonamides is 1. The second-order valence-electron chi connectivity index (χ2n) is 11.5. The van der Waals surface area contributed by atoms with Gasteiger partial charge in [0, 0.05) is 30.2 Å². The Bertz CT molecular complexity index is 1590. The predicted octanol–water partition coefficient (Wildman–Crippen LogP) is 5.36. The highest BCUT2D eigenvalue weighted by Gasteiger charge is 2.61. The third-order valence-corrected chi connectivity index (χ3v) is 10.1. The molecule has 1 aliphatic heterocycles. The van der Waals surface area contributed by atoms with E-state index >= 15 is 4.39 Å². The molecular weight excluding hydrogens is 621 g/mol. The van der Waals surface area contributed by atoms with Gasteiger partial charge in [0.25, 0.3) is 11.8 Å². The Morgan fingerprint density at radius 3 is 2.34 bits per heavy atom. The standard InChI is InChI=1S/C28H29F7N4O4S/c29-21-14-16(4-1-2-12-27(30,31)32)7-10-20(21)26(28(33,34)35)15-19(22-11-13-39(37-22)17-5-3-6-17)23(24(40)36-26)25(41)38-44(42,43)18-8-9-18/h7,10-11,13-14,17-18H,1-6,8-9,12,15H2,(H,36,40)(H,38,41). The van der Waals surface area contributed by atoms with Crippen molar-refractivity contribution >= 4 is 27.4 Å². The van der Waals surface area contributed by atoms with Gasteiger partial charge in [-0.05, 0) is 69.1 Å². The highest BCUT2D eigenvalue weighted by atomic mass is 32.2. The molecule has 2 amide bonds. The SMILES string of the molecule is O=C1NC(c2ccc(CCCCC(F)(F)F)cc2F)(C(F)(F)F)CC(c2ccn(C3CCC3)n2)=C1C(=O)NS(=O)(=O)C1CC1. The molecule has 0 bridgehead atoms. The maximum Gasteiger partial charge on any atom is 0.416 e. The number of alkyl halides is 6. The van der Waals surface area contributed by atoms with Crippen molar-refractivity contribution in [2.75, 3.05) is 0 Å². The lowest BCUT2D eigenvalue weighted by Crippen LogP contribution is -2.60. The minimum absolute atomic E-state index is 0.0121. The minimum atomic E-state index is -5.32. The monoisotopic (exact) mass is 650 g/mol. The summed E-state index contributed by atoms with van der Waals surface area (Å²) in [7, 11) is -4.19. The van der Waals surface area contributed by atoms with E-state index in [1.165, 1.54) is 16.9 Å². The quantitative estimate of drug-likeness (QED) is 0.205. The second-order valence-corrected chi connectivity index (χ2v) is 13.4. The summed E-state index contributed by atoms with van der Waals surface area (Å²) in [6.07, 6.45) is -7.72. The van der Waals surface area contributed by atoms with Crippen LogP contribution < -0.4 is 10.0 Å². The van der Waals surface area contributed by atoms with E-state index in [1.54, 1.807) is 10.0 Å². The van der Waals surface area contributed by atoms with Crippen LogP contribution in [0.25, 0.3) is 5.57 Å². The van der Waals surface area contributed by atoms with Crippen LogP contribution in [-0.2, 0) is 31.6 Å². The molecule has 2 fully saturated rings. The van der Waals surface area contributed by atoms with Crippen LogP contribution in [0.3, 0.4) is 0 Å². The molecule has 1 atom stereocenters. The molecular formula is C28H29F7N4O4S. The lowest BCUT2D eigenvalue weighted by atomic mass is 9.77. The average Bonchev–Trinajstić information content (AvgIpc) is 3.64. The predicted molar refractivity (Wildman–Crippen MR) is 143 cm³/mol. The summed E-state index contributed by atoms with van der Waals surface area (Å²) < 4.78 is 126. The van der Waals surface area contributed by atoms with Crippen LogP contribution >= 0.6 is 0 Å². The molecule has 1 unspecified atom stereocenters. The van der Waals surface area contributed by atoms with Gasteiger partial charge < -0.3 is 5.32 Å². The number of hydrogen-bond acceptors (Lipinski definition) is 5. The Kier molecular flexibility index (Phi) is 8.35. The van der Waals surface area contributed by atoms with Crippen molar-refractivity contribution < 1.29 is 48.7 Å². The fourth-order valence-electron chi connectivity index (χ4n) is 5.45. The molecule has 2 N–H and O–H groups in total. The zero-order valence-corrected chi connectivity index (χ0v) is 24.0. The fraction of sp³-hybridized carbons (Fsp3) is 0.536. The molecule has 240 valence electrons. The van der Waals surface area contributed by atoms with Gasteiger partial charge in [-0.15, -0.1) is 0 Å². The number of amides is 2. The minimum Gasteiger partial charge on any atom is -0.334 e. The maximum absolute atomic E-state index is 15.5. The first-order chi connectivity index (χ1) is 20.5. The fourth-order valence-corrected chi connectivity index (χ4v) is 6.73. The molecule has 3 aliphatic rings. The molecule has 2 aliphatic carbocycles. The lowest BCUT2D eigenvalue weighted by molar-refractivity contribution is -0.202. The molecule has 0 radical (unpaired) electrons. The van der Waals surface area contributed by atoms with Gasteiger partial charge in [0.1, 0.15) is 11.4 Å². The molecule has 44 heavy (non-hydrogen) atoms. The Hall–Kier alpha value is -3.43. The molecule has 5 rings (SSSR count). The van der Waals surface area contributed by atoms with Gasteiger partial charge in [-0.1, -0.05) is 12.1 Å². The molecule has 8 nitrogen and oxygen atoms in total. The number of aryl methyl sites for hydroxylation is 1. The number of nitrogens with zero attached hydrogens (tertiary/aromatic N) is 2. The first-order valence-electron chi connectivity index (χ1n) is 14.1. The Labute approximate surface area is 248 Å². The molecule has 2 saturated carbocycles. The van der Waals surface area contributed by atoms with Crippen LogP contribution in [0.4, 0.5) is 30.7 Å². The Balaban J connectivity index is 1.53. The van der Waals surface area contributed by atoms with E-state index in [0.29, 0.717) is 0 Å².